The van der Waals surface area contributed by atoms with Gasteiger partial charge < -0.3 is 10.1 Å². The van der Waals surface area contributed by atoms with Crippen LogP contribution in [-0.2, 0) is 0 Å². The fourth-order valence-electron chi connectivity index (χ4n) is 1.73. The summed E-state index contributed by atoms with van der Waals surface area (Å²) in [5.74, 6) is 0.960. The molecule has 1 unspecified atom stereocenters. The molecule has 2 nitrogen and oxygen atoms in total. The van der Waals surface area contributed by atoms with Gasteiger partial charge in [-0.05, 0) is 39.3 Å². The third kappa shape index (κ3) is 4.23. The lowest BCUT2D eigenvalue weighted by Crippen LogP contribution is -2.19. The highest BCUT2D eigenvalue weighted by Crippen LogP contribution is 2.25. The minimum Gasteiger partial charge on any atom is -0.496 e. The van der Waals surface area contributed by atoms with E-state index in [-0.39, 0.29) is 0 Å². The Morgan fingerprint density at radius 3 is 2.71 bits per heavy atom. The van der Waals surface area contributed by atoms with Gasteiger partial charge in [0, 0.05) is 18.2 Å². The maximum absolute atomic E-state index is 5.42. The van der Waals surface area contributed by atoms with Crippen molar-refractivity contribution >= 4 is 0 Å². The minimum absolute atomic E-state index is 0.293. The lowest BCUT2D eigenvalue weighted by atomic mass is 10.0. The van der Waals surface area contributed by atoms with Crippen molar-refractivity contribution < 1.29 is 4.74 Å². The fraction of sp³-hybridized carbons (Fsp3) is 0.467. The highest BCUT2D eigenvalue weighted by Gasteiger charge is 2.10. The highest BCUT2D eigenvalue weighted by molar-refractivity contribution is 5.39. The Labute approximate surface area is 105 Å². The molecule has 0 heterocycles. The number of benzene rings is 1. The molecule has 1 atom stereocenters. The summed E-state index contributed by atoms with van der Waals surface area (Å²) in [4.78, 5) is 0. The topological polar surface area (TPSA) is 21.3 Å². The van der Waals surface area contributed by atoms with Gasteiger partial charge in [-0.2, -0.15) is 0 Å². The van der Waals surface area contributed by atoms with Gasteiger partial charge in [-0.15, -0.1) is 0 Å². The molecule has 0 saturated heterocycles. The average Bonchev–Trinajstić information content (AvgIpc) is 2.28. The van der Waals surface area contributed by atoms with Crippen molar-refractivity contribution in [2.24, 2.45) is 0 Å². The predicted molar refractivity (Wildman–Crippen MR) is 73.6 cm³/mol. The molecule has 0 aromatic heterocycles. The van der Waals surface area contributed by atoms with Gasteiger partial charge in [-0.1, -0.05) is 23.8 Å². The van der Waals surface area contributed by atoms with Crippen LogP contribution in [0.1, 0.15) is 37.9 Å². The van der Waals surface area contributed by atoms with Gasteiger partial charge in [0.15, 0.2) is 0 Å². The Kier molecular flexibility index (Phi) is 5.23. The van der Waals surface area contributed by atoms with Crippen LogP contribution < -0.4 is 10.1 Å². The standard InChI is InChI=1S/C15H23NO/c1-11(2)8-9-16-13(4)14-7-6-12(3)10-15(14)17-5/h6-8,10,13,16H,9H2,1-5H3. The summed E-state index contributed by atoms with van der Waals surface area (Å²) in [5, 5.41) is 3.47. The summed E-state index contributed by atoms with van der Waals surface area (Å²) in [7, 11) is 1.72. The molecule has 0 fully saturated rings. The number of methoxy groups -OCH3 is 1. The molecule has 0 aliphatic rings. The van der Waals surface area contributed by atoms with E-state index in [2.05, 4.69) is 57.3 Å². The van der Waals surface area contributed by atoms with E-state index < -0.39 is 0 Å². The third-order valence-corrected chi connectivity index (χ3v) is 2.79. The molecule has 0 radical (unpaired) electrons. The summed E-state index contributed by atoms with van der Waals surface area (Å²) in [6, 6.07) is 6.63. The number of ether oxygens (including phenoxy) is 1. The Morgan fingerprint density at radius 1 is 1.41 bits per heavy atom. The van der Waals surface area contributed by atoms with E-state index in [0.29, 0.717) is 6.04 Å². The lowest BCUT2D eigenvalue weighted by molar-refractivity contribution is 0.402. The first-order valence-electron chi connectivity index (χ1n) is 6.06. The average molecular weight is 233 g/mol. The number of hydrogen-bond donors (Lipinski definition) is 1. The third-order valence-electron chi connectivity index (χ3n) is 2.79. The molecule has 2 heteroatoms. The van der Waals surface area contributed by atoms with Crippen molar-refractivity contribution in [1.82, 2.24) is 5.32 Å². The first-order chi connectivity index (χ1) is 8.04. The van der Waals surface area contributed by atoms with Gasteiger partial charge in [0.2, 0.25) is 0 Å². The van der Waals surface area contributed by atoms with E-state index >= 15 is 0 Å². The first kappa shape index (κ1) is 13.8. The zero-order valence-electron chi connectivity index (χ0n) is 11.5. The zero-order valence-corrected chi connectivity index (χ0v) is 11.5. The maximum Gasteiger partial charge on any atom is 0.123 e. The van der Waals surface area contributed by atoms with E-state index in [1.54, 1.807) is 7.11 Å². The van der Waals surface area contributed by atoms with E-state index in [9.17, 15) is 0 Å². The van der Waals surface area contributed by atoms with Crippen LogP contribution in [0.5, 0.6) is 5.75 Å². The molecule has 17 heavy (non-hydrogen) atoms. The summed E-state index contributed by atoms with van der Waals surface area (Å²) in [5.41, 5.74) is 3.77. The van der Waals surface area contributed by atoms with Gasteiger partial charge in [0.1, 0.15) is 5.75 Å². The second kappa shape index (κ2) is 6.45. The number of allylic oxidation sites excluding steroid dienone is 1. The van der Waals surface area contributed by atoms with Crippen LogP contribution in [-0.4, -0.2) is 13.7 Å². The number of aryl methyl sites for hydroxylation is 1. The molecular formula is C15H23NO. The van der Waals surface area contributed by atoms with Crippen LogP contribution in [0.25, 0.3) is 0 Å². The van der Waals surface area contributed by atoms with Crippen molar-refractivity contribution in [2.75, 3.05) is 13.7 Å². The maximum atomic E-state index is 5.42. The molecule has 0 aliphatic heterocycles. The van der Waals surface area contributed by atoms with Crippen molar-refractivity contribution in [1.29, 1.82) is 0 Å². The molecule has 0 amide bonds. The van der Waals surface area contributed by atoms with Gasteiger partial charge in [-0.25, -0.2) is 0 Å². The quantitative estimate of drug-likeness (QED) is 0.784. The highest BCUT2D eigenvalue weighted by atomic mass is 16.5. The van der Waals surface area contributed by atoms with Crippen LogP contribution in [0.4, 0.5) is 0 Å². The summed E-state index contributed by atoms with van der Waals surface area (Å²) in [6.07, 6.45) is 2.19. The van der Waals surface area contributed by atoms with Crippen LogP contribution in [0.15, 0.2) is 29.8 Å². The molecule has 1 N–H and O–H groups in total. The smallest absolute Gasteiger partial charge is 0.123 e. The van der Waals surface area contributed by atoms with Gasteiger partial charge in [-0.3, -0.25) is 0 Å². The number of hydrogen-bond acceptors (Lipinski definition) is 2. The normalized spacial score (nSPS) is 12.1. The lowest BCUT2D eigenvalue weighted by Gasteiger charge is -2.17. The van der Waals surface area contributed by atoms with Crippen LogP contribution >= 0.6 is 0 Å². The summed E-state index contributed by atoms with van der Waals surface area (Å²) >= 11 is 0. The van der Waals surface area contributed by atoms with Crippen molar-refractivity contribution in [3.63, 3.8) is 0 Å². The monoisotopic (exact) mass is 233 g/mol. The minimum atomic E-state index is 0.293. The van der Waals surface area contributed by atoms with Gasteiger partial charge in [0.25, 0.3) is 0 Å². The van der Waals surface area contributed by atoms with Crippen LogP contribution in [0.3, 0.4) is 0 Å². The number of nitrogens with one attached hydrogen (secondary N) is 1. The molecular weight excluding hydrogens is 210 g/mol. The molecule has 1 aromatic rings. The van der Waals surface area contributed by atoms with Crippen molar-refractivity contribution in [3.8, 4) is 5.75 Å². The fourth-order valence-corrected chi connectivity index (χ4v) is 1.73. The molecule has 1 aromatic carbocycles. The van der Waals surface area contributed by atoms with Crippen LogP contribution in [0.2, 0.25) is 0 Å². The van der Waals surface area contributed by atoms with E-state index in [4.69, 9.17) is 4.74 Å². The van der Waals surface area contributed by atoms with Crippen molar-refractivity contribution in [2.45, 2.75) is 33.7 Å². The number of rotatable bonds is 5. The van der Waals surface area contributed by atoms with Crippen LogP contribution in [0, 0.1) is 6.92 Å². The second-order valence-corrected chi connectivity index (χ2v) is 4.66. The summed E-state index contributed by atoms with van der Waals surface area (Å²) < 4.78 is 5.42. The predicted octanol–water partition coefficient (Wildman–Crippen LogP) is 3.62. The molecule has 0 saturated carbocycles. The molecule has 0 aliphatic carbocycles. The Morgan fingerprint density at radius 2 is 2.12 bits per heavy atom. The molecule has 0 bridgehead atoms. The zero-order chi connectivity index (χ0) is 12.8. The Hall–Kier alpha value is -1.28. The molecule has 1 rings (SSSR count). The van der Waals surface area contributed by atoms with E-state index in [0.717, 1.165) is 12.3 Å². The summed E-state index contributed by atoms with van der Waals surface area (Å²) in [6.45, 7) is 9.34. The van der Waals surface area contributed by atoms with E-state index in [1.807, 2.05) is 0 Å². The largest absolute Gasteiger partial charge is 0.496 e. The SMILES string of the molecule is COc1cc(C)ccc1C(C)NCC=C(C)C. The Balaban J connectivity index is 2.74. The first-order valence-corrected chi connectivity index (χ1v) is 6.06. The molecule has 94 valence electrons. The Bertz CT molecular complexity index is 392. The van der Waals surface area contributed by atoms with E-state index in [1.165, 1.54) is 16.7 Å². The molecule has 0 spiro atoms. The van der Waals surface area contributed by atoms with Crippen molar-refractivity contribution in [3.05, 3.63) is 41.0 Å². The van der Waals surface area contributed by atoms with Gasteiger partial charge >= 0.3 is 0 Å². The second-order valence-electron chi connectivity index (χ2n) is 4.66. The van der Waals surface area contributed by atoms with Gasteiger partial charge in [0.05, 0.1) is 7.11 Å².